The molecule has 2 rings (SSSR count). The molecular formula is C13H22F2N2O2. The number of rotatable bonds is 5. The van der Waals surface area contributed by atoms with Crippen LogP contribution in [0, 0.1) is 11.8 Å². The molecule has 110 valence electrons. The lowest BCUT2D eigenvalue weighted by atomic mass is 9.79. The van der Waals surface area contributed by atoms with Crippen LogP contribution in [-0.4, -0.2) is 54.1 Å². The second kappa shape index (κ2) is 6.13. The minimum absolute atomic E-state index is 0.139. The molecule has 1 saturated carbocycles. The Morgan fingerprint density at radius 3 is 2.58 bits per heavy atom. The first-order valence-corrected chi connectivity index (χ1v) is 6.94. The third-order valence-electron chi connectivity index (χ3n) is 4.25. The first-order valence-electron chi connectivity index (χ1n) is 6.94. The highest BCUT2D eigenvalue weighted by atomic mass is 19.3. The van der Waals surface area contributed by atoms with E-state index in [-0.39, 0.29) is 12.6 Å². The maximum atomic E-state index is 12.2. The van der Waals surface area contributed by atoms with Crippen molar-refractivity contribution in [2.75, 3.05) is 19.6 Å². The van der Waals surface area contributed by atoms with Gasteiger partial charge in [-0.15, -0.1) is 0 Å². The number of piperidine rings is 1. The van der Waals surface area contributed by atoms with Crippen molar-refractivity contribution in [1.29, 1.82) is 0 Å². The zero-order chi connectivity index (χ0) is 14.0. The summed E-state index contributed by atoms with van der Waals surface area (Å²) in [4.78, 5) is 13.3. The molecule has 2 N–H and O–H groups in total. The Morgan fingerprint density at radius 2 is 2.05 bits per heavy atom. The Morgan fingerprint density at radius 1 is 1.37 bits per heavy atom. The molecule has 2 aliphatic rings. The number of halogens is 2. The van der Waals surface area contributed by atoms with Gasteiger partial charge in [0, 0.05) is 25.2 Å². The highest BCUT2D eigenvalue weighted by Crippen LogP contribution is 2.33. The molecule has 0 aromatic rings. The number of nitrogens with one attached hydrogen (secondary N) is 1. The van der Waals surface area contributed by atoms with E-state index in [1.165, 1.54) is 0 Å². The highest BCUT2D eigenvalue weighted by Gasteiger charge is 2.38. The number of hydrogen-bond acceptors (Lipinski definition) is 3. The lowest BCUT2D eigenvalue weighted by Crippen LogP contribution is -2.57. The molecule has 1 aliphatic carbocycles. The predicted octanol–water partition coefficient (Wildman–Crippen LogP) is 1.41. The summed E-state index contributed by atoms with van der Waals surface area (Å²) < 4.78 is 24.5. The maximum absolute atomic E-state index is 12.2. The molecule has 0 amide bonds. The number of carbonyl (C=O) groups is 1. The van der Waals surface area contributed by atoms with Gasteiger partial charge in [-0.3, -0.25) is 9.69 Å². The predicted molar refractivity (Wildman–Crippen MR) is 67.3 cm³/mol. The summed E-state index contributed by atoms with van der Waals surface area (Å²) in [5, 5.41) is 12.0. The van der Waals surface area contributed by atoms with Crippen molar-refractivity contribution in [3.8, 4) is 0 Å². The van der Waals surface area contributed by atoms with Gasteiger partial charge in [-0.2, -0.15) is 0 Å². The van der Waals surface area contributed by atoms with Crippen molar-refractivity contribution >= 4 is 5.97 Å². The minimum atomic E-state index is -2.39. The second-order valence-corrected chi connectivity index (χ2v) is 5.95. The van der Waals surface area contributed by atoms with Crippen LogP contribution in [0.2, 0.25) is 0 Å². The van der Waals surface area contributed by atoms with Crippen LogP contribution in [0.25, 0.3) is 0 Å². The van der Waals surface area contributed by atoms with Gasteiger partial charge in [0.15, 0.2) is 0 Å². The maximum Gasteiger partial charge on any atom is 0.307 e. The smallest absolute Gasteiger partial charge is 0.307 e. The van der Waals surface area contributed by atoms with Crippen LogP contribution >= 0.6 is 0 Å². The molecule has 2 unspecified atom stereocenters. The van der Waals surface area contributed by atoms with Gasteiger partial charge >= 0.3 is 5.97 Å². The molecule has 0 radical (unpaired) electrons. The van der Waals surface area contributed by atoms with Gasteiger partial charge in [-0.25, -0.2) is 8.78 Å². The Bertz CT molecular complexity index is 322. The summed E-state index contributed by atoms with van der Waals surface area (Å²) >= 11 is 0. The van der Waals surface area contributed by atoms with Crippen LogP contribution < -0.4 is 5.32 Å². The average molecular weight is 276 g/mol. The van der Waals surface area contributed by atoms with E-state index >= 15 is 0 Å². The SMILES string of the molecule is CC1CC(N2CC(NCC(F)F)CC(C(=O)O)C2)C1. The molecule has 1 aliphatic heterocycles. The van der Waals surface area contributed by atoms with Crippen molar-refractivity contribution in [3.63, 3.8) is 0 Å². The van der Waals surface area contributed by atoms with E-state index in [2.05, 4.69) is 17.1 Å². The van der Waals surface area contributed by atoms with Crippen LogP contribution in [-0.2, 0) is 4.79 Å². The third-order valence-corrected chi connectivity index (χ3v) is 4.25. The quantitative estimate of drug-likeness (QED) is 0.797. The first-order chi connectivity index (χ1) is 8.95. The lowest BCUT2D eigenvalue weighted by Gasteiger charge is -2.47. The van der Waals surface area contributed by atoms with Crippen LogP contribution in [0.5, 0.6) is 0 Å². The summed E-state index contributed by atoms with van der Waals surface area (Å²) in [5.41, 5.74) is 0. The lowest BCUT2D eigenvalue weighted by molar-refractivity contribution is -0.145. The largest absolute Gasteiger partial charge is 0.481 e. The van der Waals surface area contributed by atoms with Crippen LogP contribution in [0.4, 0.5) is 8.78 Å². The van der Waals surface area contributed by atoms with Crippen LogP contribution in [0.15, 0.2) is 0 Å². The molecule has 0 bridgehead atoms. The first kappa shape index (κ1) is 14.7. The molecule has 0 aromatic heterocycles. The summed E-state index contributed by atoms with van der Waals surface area (Å²) in [7, 11) is 0. The van der Waals surface area contributed by atoms with Crippen LogP contribution in [0.3, 0.4) is 0 Å². The van der Waals surface area contributed by atoms with E-state index in [4.69, 9.17) is 0 Å². The van der Waals surface area contributed by atoms with E-state index in [9.17, 15) is 18.7 Å². The molecule has 0 aromatic carbocycles. The Balaban J connectivity index is 1.90. The number of carboxylic acid groups (broad SMARTS) is 1. The average Bonchev–Trinajstić information content (AvgIpc) is 2.32. The van der Waals surface area contributed by atoms with E-state index in [1.807, 2.05) is 0 Å². The molecule has 6 heteroatoms. The van der Waals surface area contributed by atoms with E-state index < -0.39 is 18.3 Å². The van der Waals surface area contributed by atoms with Crippen LogP contribution in [0.1, 0.15) is 26.2 Å². The number of aliphatic carboxylic acids is 1. The van der Waals surface area contributed by atoms with E-state index in [1.54, 1.807) is 0 Å². The minimum Gasteiger partial charge on any atom is -0.481 e. The molecule has 1 saturated heterocycles. The zero-order valence-electron chi connectivity index (χ0n) is 11.2. The summed E-state index contributed by atoms with van der Waals surface area (Å²) in [6.45, 7) is 3.07. The summed E-state index contributed by atoms with van der Waals surface area (Å²) in [5.74, 6) is -0.566. The van der Waals surface area contributed by atoms with Gasteiger partial charge in [0.05, 0.1) is 12.5 Å². The molecule has 2 atom stereocenters. The topological polar surface area (TPSA) is 52.6 Å². The number of nitrogens with zero attached hydrogens (tertiary/aromatic N) is 1. The fourth-order valence-corrected chi connectivity index (χ4v) is 3.17. The van der Waals surface area contributed by atoms with Gasteiger partial charge in [0.25, 0.3) is 6.43 Å². The van der Waals surface area contributed by atoms with Crippen molar-refractivity contribution in [2.45, 2.75) is 44.7 Å². The molecule has 19 heavy (non-hydrogen) atoms. The summed E-state index contributed by atoms with van der Waals surface area (Å²) in [6.07, 6.45) is 0.241. The van der Waals surface area contributed by atoms with E-state index in [0.29, 0.717) is 31.5 Å². The van der Waals surface area contributed by atoms with Gasteiger partial charge in [-0.05, 0) is 25.2 Å². The summed E-state index contributed by atoms with van der Waals surface area (Å²) in [6, 6.07) is 0.299. The molecule has 2 fully saturated rings. The van der Waals surface area contributed by atoms with Crippen molar-refractivity contribution in [2.24, 2.45) is 11.8 Å². The fourth-order valence-electron chi connectivity index (χ4n) is 3.17. The third kappa shape index (κ3) is 3.86. The van der Waals surface area contributed by atoms with E-state index in [0.717, 1.165) is 12.8 Å². The van der Waals surface area contributed by atoms with Crippen molar-refractivity contribution < 1.29 is 18.7 Å². The monoisotopic (exact) mass is 276 g/mol. The van der Waals surface area contributed by atoms with Gasteiger partial charge in [0.1, 0.15) is 0 Å². The zero-order valence-corrected chi connectivity index (χ0v) is 11.2. The second-order valence-electron chi connectivity index (χ2n) is 5.95. The molecule has 1 heterocycles. The Labute approximate surface area is 112 Å². The normalized spacial score (nSPS) is 36.2. The number of likely N-dealkylation sites (tertiary alicyclic amines) is 1. The number of carboxylic acids is 1. The molecular weight excluding hydrogens is 254 g/mol. The van der Waals surface area contributed by atoms with Crippen molar-refractivity contribution in [1.82, 2.24) is 10.2 Å². The number of hydrogen-bond donors (Lipinski definition) is 2. The highest BCUT2D eigenvalue weighted by molar-refractivity contribution is 5.70. The van der Waals surface area contributed by atoms with Gasteiger partial charge in [0.2, 0.25) is 0 Å². The van der Waals surface area contributed by atoms with Gasteiger partial charge in [-0.1, -0.05) is 6.92 Å². The number of alkyl halides is 2. The molecule has 4 nitrogen and oxygen atoms in total. The Kier molecular flexibility index (Phi) is 4.73. The van der Waals surface area contributed by atoms with Crippen molar-refractivity contribution in [3.05, 3.63) is 0 Å². The van der Waals surface area contributed by atoms with Gasteiger partial charge < -0.3 is 10.4 Å². The fraction of sp³-hybridized carbons (Fsp3) is 0.923. The standard InChI is InChI=1S/C13H22F2N2O2/c1-8-2-11(3-8)17-6-9(13(18)19)4-10(7-17)16-5-12(14)15/h8-12,16H,2-7H2,1H3,(H,18,19). The Hall–Kier alpha value is -0.750. The molecule has 0 spiro atoms.